The lowest BCUT2D eigenvalue weighted by atomic mass is 10.2. The summed E-state index contributed by atoms with van der Waals surface area (Å²) in [5, 5.41) is 12.8. The third kappa shape index (κ3) is 7.02. The number of nitrogens with zero attached hydrogens (tertiary/aromatic N) is 5. The first kappa shape index (κ1) is 23.7. The van der Waals surface area contributed by atoms with Crippen LogP contribution in [0.4, 0.5) is 0 Å². The molecule has 0 radical (unpaired) electrons. The summed E-state index contributed by atoms with van der Waals surface area (Å²) in [6, 6.07) is 7.40. The maximum atomic E-state index is 5.90. The van der Waals surface area contributed by atoms with Crippen LogP contribution in [-0.4, -0.2) is 52.4 Å². The Morgan fingerprint density at radius 3 is 2.79 bits per heavy atom. The van der Waals surface area contributed by atoms with Gasteiger partial charge >= 0.3 is 0 Å². The number of benzene rings is 1. The molecule has 9 heteroatoms. The van der Waals surface area contributed by atoms with Crippen molar-refractivity contribution in [3.05, 3.63) is 40.9 Å². The van der Waals surface area contributed by atoms with Gasteiger partial charge in [-0.3, -0.25) is 0 Å². The molecule has 1 aliphatic rings. The molecule has 0 aliphatic carbocycles. The predicted molar refractivity (Wildman–Crippen MR) is 127 cm³/mol. The molecule has 2 aromatic rings. The highest BCUT2D eigenvalue weighted by Crippen LogP contribution is 2.16. The van der Waals surface area contributed by atoms with E-state index >= 15 is 0 Å². The first-order valence-corrected chi connectivity index (χ1v) is 10.3. The lowest BCUT2D eigenvalue weighted by molar-refractivity contribution is 0.281. The van der Waals surface area contributed by atoms with Crippen LogP contribution in [-0.2, 0) is 19.5 Å². The molecule has 0 saturated heterocycles. The number of hydrogen-bond donors (Lipinski definition) is 1. The van der Waals surface area contributed by atoms with Crippen molar-refractivity contribution in [3.8, 4) is 5.75 Å². The molecule has 0 fully saturated rings. The third-order valence-electron chi connectivity index (χ3n) is 4.76. The van der Waals surface area contributed by atoms with Gasteiger partial charge in [0.15, 0.2) is 11.8 Å². The fourth-order valence-corrected chi connectivity index (χ4v) is 3.34. The van der Waals surface area contributed by atoms with Crippen LogP contribution in [0.15, 0.2) is 29.3 Å². The van der Waals surface area contributed by atoms with Crippen molar-refractivity contribution in [1.29, 1.82) is 0 Å². The molecule has 1 aromatic heterocycles. The molecule has 29 heavy (non-hydrogen) atoms. The summed E-state index contributed by atoms with van der Waals surface area (Å²) in [6.45, 7) is 5.66. The summed E-state index contributed by atoms with van der Waals surface area (Å²) in [4.78, 5) is 6.84. The van der Waals surface area contributed by atoms with E-state index in [1.165, 1.54) is 19.3 Å². The second-order valence-electron chi connectivity index (χ2n) is 6.89. The van der Waals surface area contributed by atoms with Crippen molar-refractivity contribution in [2.24, 2.45) is 4.99 Å². The second-order valence-corrected chi connectivity index (χ2v) is 7.33. The van der Waals surface area contributed by atoms with Gasteiger partial charge in [-0.1, -0.05) is 18.0 Å². The quantitative estimate of drug-likeness (QED) is 0.334. The van der Waals surface area contributed by atoms with E-state index in [9.17, 15) is 0 Å². The van der Waals surface area contributed by atoms with Crippen LogP contribution >= 0.6 is 35.6 Å². The highest BCUT2D eigenvalue weighted by atomic mass is 127. The van der Waals surface area contributed by atoms with Crippen LogP contribution < -0.4 is 10.1 Å². The Morgan fingerprint density at radius 1 is 1.24 bits per heavy atom. The molecular formula is C20H30ClIN6O. The Kier molecular flexibility index (Phi) is 9.99. The molecule has 0 atom stereocenters. The topological polar surface area (TPSA) is 67.6 Å². The van der Waals surface area contributed by atoms with Crippen molar-refractivity contribution in [2.75, 3.05) is 26.7 Å². The minimum absolute atomic E-state index is 0. The van der Waals surface area contributed by atoms with E-state index in [1.54, 1.807) is 0 Å². The van der Waals surface area contributed by atoms with E-state index < -0.39 is 0 Å². The summed E-state index contributed by atoms with van der Waals surface area (Å²) in [7, 11) is 2.01. The van der Waals surface area contributed by atoms with Crippen LogP contribution in [0.25, 0.3) is 0 Å². The molecule has 1 N–H and O–H groups in total. The summed E-state index contributed by atoms with van der Waals surface area (Å²) >= 11 is 5.90. The van der Waals surface area contributed by atoms with Gasteiger partial charge in [0.2, 0.25) is 0 Å². The molecule has 0 amide bonds. The summed E-state index contributed by atoms with van der Waals surface area (Å²) in [5.41, 5.74) is 0. The number of rotatable bonds is 7. The molecule has 1 aliphatic heterocycles. The standard InChI is InChI=1S/C20H29ClN6O.HI/c1-3-22-20(26(2)13-14-28-17-10-8-16(21)9-11-17)23-15-19-25-24-18-7-5-4-6-12-27(18)19;/h8-11H,3-7,12-15H2,1-2H3,(H,22,23);1H. The van der Waals surface area contributed by atoms with Crippen LogP contribution in [0.2, 0.25) is 5.02 Å². The van der Waals surface area contributed by atoms with E-state index in [2.05, 4.69) is 31.9 Å². The zero-order valence-electron chi connectivity index (χ0n) is 17.1. The maximum Gasteiger partial charge on any atom is 0.194 e. The lowest BCUT2D eigenvalue weighted by Gasteiger charge is -2.22. The fraction of sp³-hybridized carbons (Fsp3) is 0.550. The summed E-state index contributed by atoms with van der Waals surface area (Å²) < 4.78 is 8.03. The molecule has 160 valence electrons. The van der Waals surface area contributed by atoms with Gasteiger partial charge in [0, 0.05) is 31.6 Å². The van der Waals surface area contributed by atoms with Crippen molar-refractivity contribution in [2.45, 2.75) is 45.7 Å². The van der Waals surface area contributed by atoms with E-state index in [4.69, 9.17) is 21.3 Å². The first-order valence-electron chi connectivity index (χ1n) is 9.96. The lowest BCUT2D eigenvalue weighted by Crippen LogP contribution is -2.41. The van der Waals surface area contributed by atoms with Crippen LogP contribution in [0.3, 0.4) is 0 Å². The molecule has 0 saturated carbocycles. The van der Waals surface area contributed by atoms with Crippen molar-refractivity contribution in [1.82, 2.24) is 25.0 Å². The van der Waals surface area contributed by atoms with Crippen LogP contribution in [0.1, 0.15) is 37.8 Å². The average Bonchev–Trinajstić information content (AvgIpc) is 2.92. The summed E-state index contributed by atoms with van der Waals surface area (Å²) in [5.74, 6) is 3.69. The van der Waals surface area contributed by atoms with Crippen molar-refractivity contribution in [3.63, 3.8) is 0 Å². The minimum atomic E-state index is 0. The van der Waals surface area contributed by atoms with E-state index in [0.29, 0.717) is 24.7 Å². The number of fused-ring (bicyclic) bond motifs is 1. The predicted octanol–water partition coefficient (Wildman–Crippen LogP) is 3.75. The number of guanidine groups is 1. The van der Waals surface area contributed by atoms with Crippen LogP contribution in [0.5, 0.6) is 5.75 Å². The Bertz CT molecular complexity index is 780. The number of likely N-dealkylation sites (N-methyl/N-ethyl adjacent to an activating group) is 1. The Balaban J connectivity index is 0.00000300. The monoisotopic (exact) mass is 532 g/mol. The largest absolute Gasteiger partial charge is 0.492 e. The molecule has 1 aromatic carbocycles. The first-order chi connectivity index (χ1) is 13.7. The van der Waals surface area contributed by atoms with E-state index in [1.807, 2.05) is 31.3 Å². The second kappa shape index (κ2) is 12.2. The zero-order valence-corrected chi connectivity index (χ0v) is 20.2. The van der Waals surface area contributed by atoms with E-state index in [-0.39, 0.29) is 24.0 Å². The van der Waals surface area contributed by atoms with Gasteiger partial charge in [0.05, 0.1) is 6.54 Å². The molecule has 2 heterocycles. The molecule has 0 bridgehead atoms. The molecule has 7 nitrogen and oxygen atoms in total. The van der Waals surface area contributed by atoms with Gasteiger partial charge < -0.3 is 19.5 Å². The number of aromatic nitrogens is 3. The molecular weight excluding hydrogens is 503 g/mol. The Morgan fingerprint density at radius 2 is 2.03 bits per heavy atom. The van der Waals surface area contributed by atoms with Gasteiger partial charge in [-0.15, -0.1) is 34.2 Å². The van der Waals surface area contributed by atoms with Gasteiger partial charge in [0.1, 0.15) is 24.7 Å². The third-order valence-corrected chi connectivity index (χ3v) is 5.01. The number of aryl methyl sites for hydroxylation is 1. The highest BCUT2D eigenvalue weighted by molar-refractivity contribution is 14.0. The van der Waals surface area contributed by atoms with Crippen molar-refractivity contribution >= 4 is 41.5 Å². The van der Waals surface area contributed by atoms with Crippen molar-refractivity contribution < 1.29 is 4.74 Å². The Hall–Kier alpha value is -1.55. The number of aliphatic imine (C=N–C) groups is 1. The number of halogens is 2. The average molecular weight is 533 g/mol. The smallest absolute Gasteiger partial charge is 0.194 e. The normalized spacial score (nSPS) is 13.8. The Labute approximate surface area is 194 Å². The van der Waals surface area contributed by atoms with Gasteiger partial charge in [-0.05, 0) is 44.0 Å². The van der Waals surface area contributed by atoms with Crippen LogP contribution in [0, 0.1) is 0 Å². The van der Waals surface area contributed by atoms with Gasteiger partial charge in [0.25, 0.3) is 0 Å². The summed E-state index contributed by atoms with van der Waals surface area (Å²) in [6.07, 6.45) is 4.65. The number of ether oxygens (including phenoxy) is 1. The van der Waals surface area contributed by atoms with Gasteiger partial charge in [-0.25, -0.2) is 4.99 Å². The zero-order chi connectivity index (χ0) is 19.8. The molecule has 0 unspecified atom stereocenters. The van der Waals surface area contributed by atoms with Gasteiger partial charge in [-0.2, -0.15) is 0 Å². The fourth-order valence-electron chi connectivity index (χ4n) is 3.21. The molecule has 0 spiro atoms. The minimum Gasteiger partial charge on any atom is -0.492 e. The molecule has 3 rings (SSSR count). The maximum absolute atomic E-state index is 5.90. The van der Waals surface area contributed by atoms with E-state index in [0.717, 1.165) is 42.9 Å². The SMILES string of the molecule is CCNC(=NCc1nnc2n1CCCCC2)N(C)CCOc1ccc(Cl)cc1.I. The number of hydrogen-bond acceptors (Lipinski definition) is 4. The number of nitrogens with one attached hydrogen (secondary N) is 1. The highest BCUT2D eigenvalue weighted by Gasteiger charge is 2.15.